The van der Waals surface area contributed by atoms with Gasteiger partial charge < -0.3 is 19.5 Å². The summed E-state index contributed by atoms with van der Waals surface area (Å²) in [5.41, 5.74) is -2.36. The van der Waals surface area contributed by atoms with E-state index in [4.69, 9.17) is 14.2 Å². The summed E-state index contributed by atoms with van der Waals surface area (Å²) in [4.78, 5) is 40.4. The Morgan fingerprint density at radius 1 is 0.957 bits per heavy atom. The fraction of sp³-hybridized carbons (Fsp3) is 0.545. The third kappa shape index (κ3) is 9.11. The number of alkyl halides is 3. The fourth-order valence-electron chi connectivity index (χ4n) is 5.08. The van der Waals surface area contributed by atoms with Gasteiger partial charge in [0.25, 0.3) is 0 Å². The smallest absolute Gasteiger partial charge is 0.471 e. The van der Waals surface area contributed by atoms with Crippen LogP contribution in [0.15, 0.2) is 36.4 Å². The molecular formula is C33H41F4N3O6. The van der Waals surface area contributed by atoms with E-state index in [1.165, 1.54) is 31.7 Å². The number of nitrogens with zero attached hydrogens (tertiary/aromatic N) is 2. The fourth-order valence-corrected chi connectivity index (χ4v) is 5.08. The molecule has 2 amide bonds. The summed E-state index contributed by atoms with van der Waals surface area (Å²) in [6.07, 6.45) is -4.18. The Balaban J connectivity index is 1.84. The van der Waals surface area contributed by atoms with Crippen molar-refractivity contribution in [2.75, 3.05) is 29.4 Å². The maximum absolute atomic E-state index is 16.8. The highest BCUT2D eigenvalue weighted by Crippen LogP contribution is 2.46. The first-order valence-electron chi connectivity index (χ1n) is 15.2. The maximum Gasteiger partial charge on any atom is 0.471 e. The molecule has 4 rings (SSSR count). The SMILES string of the molecule is CC(C)(C)OC(=O)CN(C(=O)C(F)(F)F)c1c(OCc2ccccc2)cc2c(c1F)C[C@H](CNCC1CC1)N2C(=O)OC(C)(C)C. The number of amides is 2. The summed E-state index contributed by atoms with van der Waals surface area (Å²) in [6.45, 7) is 9.05. The molecule has 0 radical (unpaired) electrons. The molecular weight excluding hydrogens is 610 g/mol. The standard InChI is InChI=1S/C33H41F4N3O6/c1-31(2,3)45-26(41)18-39(29(42)33(35,36)37)28-25(44-19-21-10-8-7-9-11-21)15-24-23(27(28)34)14-22(17-38-16-20-12-13-20)40(24)30(43)46-32(4,5)6/h7-11,15,20,22,38H,12-14,16-19H2,1-6H3/t22-/m1/s1. The van der Waals surface area contributed by atoms with Crippen molar-refractivity contribution in [3.63, 3.8) is 0 Å². The Labute approximate surface area is 266 Å². The van der Waals surface area contributed by atoms with E-state index in [0.29, 0.717) is 18.0 Å². The molecule has 2 aliphatic rings. The molecule has 2 aromatic rings. The number of carbonyl (C=O) groups excluding carboxylic acids is 3. The summed E-state index contributed by atoms with van der Waals surface area (Å²) in [5.74, 6) is -4.85. The molecule has 9 nitrogen and oxygen atoms in total. The van der Waals surface area contributed by atoms with Crippen LogP contribution in [0.5, 0.6) is 5.75 Å². The monoisotopic (exact) mass is 651 g/mol. The largest absolute Gasteiger partial charge is 0.487 e. The predicted octanol–water partition coefficient (Wildman–Crippen LogP) is 6.31. The molecule has 252 valence electrons. The number of hydrogen-bond acceptors (Lipinski definition) is 7. The lowest BCUT2D eigenvalue weighted by molar-refractivity contribution is -0.171. The van der Waals surface area contributed by atoms with Crippen LogP contribution >= 0.6 is 0 Å². The van der Waals surface area contributed by atoms with Crippen LogP contribution in [0.4, 0.5) is 33.7 Å². The first kappa shape index (κ1) is 35.0. The summed E-state index contributed by atoms with van der Waals surface area (Å²) in [5, 5.41) is 3.30. The van der Waals surface area contributed by atoms with Crippen LogP contribution in [0.1, 0.15) is 65.5 Å². The van der Waals surface area contributed by atoms with Gasteiger partial charge in [0.2, 0.25) is 0 Å². The van der Waals surface area contributed by atoms with Crippen LogP contribution in [0.25, 0.3) is 0 Å². The summed E-state index contributed by atoms with van der Waals surface area (Å²) in [7, 11) is 0. The van der Waals surface area contributed by atoms with Crippen LogP contribution in [-0.4, -0.2) is 61.0 Å². The number of rotatable bonds is 10. The molecule has 1 fully saturated rings. The zero-order valence-corrected chi connectivity index (χ0v) is 26.9. The highest BCUT2D eigenvalue weighted by atomic mass is 19.4. The number of halogens is 4. The third-order valence-electron chi connectivity index (χ3n) is 7.15. The Morgan fingerprint density at radius 2 is 1.59 bits per heavy atom. The van der Waals surface area contributed by atoms with E-state index in [9.17, 15) is 27.6 Å². The average molecular weight is 652 g/mol. The normalized spacial score (nSPS) is 16.6. The average Bonchev–Trinajstić information content (AvgIpc) is 3.67. The zero-order valence-electron chi connectivity index (χ0n) is 26.9. The minimum Gasteiger partial charge on any atom is -0.487 e. The molecule has 1 heterocycles. The third-order valence-corrected chi connectivity index (χ3v) is 7.15. The maximum atomic E-state index is 16.8. The van der Waals surface area contributed by atoms with Crippen molar-refractivity contribution in [1.29, 1.82) is 0 Å². The van der Waals surface area contributed by atoms with Crippen molar-refractivity contribution in [1.82, 2.24) is 5.32 Å². The van der Waals surface area contributed by atoms with Crippen molar-refractivity contribution in [2.45, 2.75) is 90.8 Å². The predicted molar refractivity (Wildman–Crippen MR) is 163 cm³/mol. The Kier molecular flexibility index (Phi) is 10.2. The molecule has 1 saturated carbocycles. The summed E-state index contributed by atoms with van der Waals surface area (Å²) >= 11 is 0. The molecule has 0 bridgehead atoms. The molecule has 0 aromatic heterocycles. The number of benzene rings is 2. The van der Waals surface area contributed by atoms with Crippen molar-refractivity contribution >= 4 is 29.3 Å². The summed E-state index contributed by atoms with van der Waals surface area (Å²) < 4.78 is 75.4. The number of nitrogens with one attached hydrogen (secondary N) is 1. The van der Waals surface area contributed by atoms with Gasteiger partial charge in [-0.2, -0.15) is 13.2 Å². The van der Waals surface area contributed by atoms with Gasteiger partial charge in [0, 0.05) is 18.2 Å². The van der Waals surface area contributed by atoms with Crippen molar-refractivity contribution in [3.8, 4) is 5.75 Å². The molecule has 0 spiro atoms. The Hall–Kier alpha value is -3.87. The quantitative estimate of drug-likeness (QED) is 0.238. The number of esters is 1. The van der Waals surface area contributed by atoms with Crippen LogP contribution in [-0.2, 0) is 32.1 Å². The second-order valence-electron chi connectivity index (χ2n) is 13.6. The minimum atomic E-state index is -5.47. The van der Waals surface area contributed by atoms with E-state index >= 15 is 4.39 Å². The lowest BCUT2D eigenvalue weighted by Gasteiger charge is -2.30. The Bertz CT molecular complexity index is 1430. The van der Waals surface area contributed by atoms with E-state index in [0.717, 1.165) is 12.8 Å². The minimum absolute atomic E-state index is 0.000495. The second kappa shape index (κ2) is 13.5. The Morgan fingerprint density at radius 3 is 2.15 bits per heavy atom. The molecule has 13 heteroatoms. The van der Waals surface area contributed by atoms with Crippen molar-refractivity contribution in [3.05, 3.63) is 53.3 Å². The van der Waals surface area contributed by atoms with Crippen LogP contribution < -0.4 is 19.9 Å². The molecule has 1 aliphatic carbocycles. The molecule has 0 saturated heterocycles. The van der Waals surface area contributed by atoms with Gasteiger partial charge in [0.15, 0.2) is 5.82 Å². The van der Waals surface area contributed by atoms with E-state index in [2.05, 4.69) is 5.32 Å². The number of anilines is 2. The van der Waals surface area contributed by atoms with Gasteiger partial charge in [-0.15, -0.1) is 0 Å². The van der Waals surface area contributed by atoms with Crippen LogP contribution in [0.2, 0.25) is 0 Å². The zero-order chi connectivity index (χ0) is 34.0. The van der Waals surface area contributed by atoms with Gasteiger partial charge in [0.05, 0.1) is 11.7 Å². The number of hydrogen-bond donors (Lipinski definition) is 1. The highest BCUT2D eigenvalue weighted by molar-refractivity contribution is 6.03. The molecule has 1 N–H and O–H groups in total. The van der Waals surface area contributed by atoms with Gasteiger partial charge >= 0.3 is 24.1 Å². The van der Waals surface area contributed by atoms with Crippen molar-refractivity contribution < 1.29 is 46.2 Å². The van der Waals surface area contributed by atoms with Gasteiger partial charge in [-0.3, -0.25) is 19.4 Å². The number of fused-ring (bicyclic) bond motifs is 1. The van der Waals surface area contributed by atoms with Gasteiger partial charge in [-0.25, -0.2) is 9.18 Å². The van der Waals surface area contributed by atoms with Crippen LogP contribution in [0.3, 0.4) is 0 Å². The van der Waals surface area contributed by atoms with Gasteiger partial charge in [-0.05, 0) is 78.8 Å². The first-order chi connectivity index (χ1) is 21.3. The highest BCUT2D eigenvalue weighted by Gasteiger charge is 2.47. The second-order valence-corrected chi connectivity index (χ2v) is 13.6. The summed E-state index contributed by atoms with van der Waals surface area (Å²) in [6, 6.07) is 9.14. The van der Waals surface area contributed by atoms with Crippen LogP contribution in [0, 0.1) is 11.7 Å². The molecule has 1 aliphatic heterocycles. The topological polar surface area (TPSA) is 97.4 Å². The number of ether oxygens (including phenoxy) is 3. The van der Waals surface area contributed by atoms with E-state index < -0.39 is 65.2 Å². The van der Waals surface area contributed by atoms with Crippen molar-refractivity contribution in [2.24, 2.45) is 5.92 Å². The first-order valence-corrected chi connectivity index (χ1v) is 15.2. The molecule has 2 aromatic carbocycles. The van der Waals surface area contributed by atoms with Gasteiger partial charge in [0.1, 0.15) is 35.8 Å². The van der Waals surface area contributed by atoms with Gasteiger partial charge in [-0.1, -0.05) is 30.3 Å². The molecule has 1 atom stereocenters. The van der Waals surface area contributed by atoms with E-state index in [1.54, 1.807) is 51.1 Å². The van der Waals surface area contributed by atoms with E-state index in [1.807, 2.05) is 0 Å². The lowest BCUT2D eigenvalue weighted by atomic mass is 10.1. The van der Waals surface area contributed by atoms with E-state index in [-0.39, 0.29) is 35.7 Å². The number of carbonyl (C=O) groups is 3. The molecule has 46 heavy (non-hydrogen) atoms. The lowest BCUT2D eigenvalue weighted by Crippen LogP contribution is -2.46. The molecule has 0 unspecified atom stereocenters.